The van der Waals surface area contributed by atoms with Crippen molar-refractivity contribution in [3.8, 4) is 0 Å². The van der Waals surface area contributed by atoms with Crippen molar-refractivity contribution in [2.24, 2.45) is 0 Å². The highest BCUT2D eigenvalue weighted by molar-refractivity contribution is 5.79. The standard InChI is InChI=1S/C11H11F2N3O3/c1-6(2)14-8-4-3-7(16(18)19)5-9(8)15(10(12)13)11(14)17/h3-6,10H,1-2H3. The van der Waals surface area contributed by atoms with Gasteiger partial charge in [-0.05, 0) is 19.9 Å². The summed E-state index contributed by atoms with van der Waals surface area (Å²) in [4.78, 5) is 21.9. The Balaban J connectivity index is 2.90. The third-order valence-electron chi connectivity index (χ3n) is 2.81. The van der Waals surface area contributed by atoms with Crippen LogP contribution in [-0.4, -0.2) is 14.1 Å². The number of nitro groups is 1. The van der Waals surface area contributed by atoms with E-state index in [0.717, 1.165) is 6.07 Å². The molecule has 8 heteroatoms. The summed E-state index contributed by atoms with van der Waals surface area (Å²) in [6.07, 6.45) is 0. The molecule has 0 amide bonds. The average molecular weight is 271 g/mol. The summed E-state index contributed by atoms with van der Waals surface area (Å²) in [5.41, 5.74) is -1.09. The molecule has 6 nitrogen and oxygen atoms in total. The number of fused-ring (bicyclic) bond motifs is 1. The van der Waals surface area contributed by atoms with Gasteiger partial charge in [-0.15, -0.1) is 0 Å². The van der Waals surface area contributed by atoms with Crippen LogP contribution in [0, 0.1) is 10.1 Å². The zero-order valence-electron chi connectivity index (χ0n) is 10.2. The van der Waals surface area contributed by atoms with Crippen molar-refractivity contribution in [3.05, 3.63) is 38.8 Å². The first kappa shape index (κ1) is 13.2. The number of non-ortho nitro benzene ring substituents is 1. The fourth-order valence-corrected chi connectivity index (χ4v) is 2.03. The second-order valence-corrected chi connectivity index (χ2v) is 4.32. The van der Waals surface area contributed by atoms with Gasteiger partial charge >= 0.3 is 12.2 Å². The molecule has 0 atom stereocenters. The number of rotatable bonds is 3. The lowest BCUT2D eigenvalue weighted by Crippen LogP contribution is -2.25. The Kier molecular flexibility index (Phi) is 3.09. The van der Waals surface area contributed by atoms with E-state index < -0.39 is 17.2 Å². The maximum atomic E-state index is 12.9. The Bertz CT molecular complexity index is 703. The van der Waals surface area contributed by atoms with Crippen molar-refractivity contribution in [2.45, 2.75) is 26.4 Å². The van der Waals surface area contributed by atoms with E-state index in [1.807, 2.05) is 0 Å². The lowest BCUT2D eigenvalue weighted by atomic mass is 10.2. The van der Waals surface area contributed by atoms with Gasteiger partial charge in [-0.1, -0.05) is 0 Å². The number of imidazole rings is 1. The topological polar surface area (TPSA) is 70.1 Å². The van der Waals surface area contributed by atoms with E-state index in [1.165, 1.54) is 16.7 Å². The van der Waals surface area contributed by atoms with Gasteiger partial charge in [0.2, 0.25) is 0 Å². The minimum absolute atomic E-state index is 0.136. The zero-order valence-corrected chi connectivity index (χ0v) is 10.2. The van der Waals surface area contributed by atoms with E-state index in [-0.39, 0.29) is 27.3 Å². The van der Waals surface area contributed by atoms with Crippen molar-refractivity contribution >= 4 is 16.7 Å². The molecule has 0 spiro atoms. The highest BCUT2D eigenvalue weighted by Crippen LogP contribution is 2.25. The Hall–Kier alpha value is -2.25. The van der Waals surface area contributed by atoms with Crippen molar-refractivity contribution in [3.63, 3.8) is 0 Å². The van der Waals surface area contributed by atoms with E-state index in [9.17, 15) is 23.7 Å². The molecule has 2 rings (SSSR count). The molecule has 0 unspecified atom stereocenters. The molecule has 0 radical (unpaired) electrons. The first-order valence-electron chi connectivity index (χ1n) is 5.53. The number of aromatic nitrogens is 2. The zero-order chi connectivity index (χ0) is 14.3. The summed E-state index contributed by atoms with van der Waals surface area (Å²) in [5, 5.41) is 10.7. The minimum atomic E-state index is -3.04. The SMILES string of the molecule is CC(C)n1c(=O)n(C(F)F)c2cc([N+](=O)[O-])ccc21. The van der Waals surface area contributed by atoms with E-state index in [2.05, 4.69) is 0 Å². The number of hydrogen-bond donors (Lipinski definition) is 0. The van der Waals surface area contributed by atoms with Crippen LogP contribution in [0.2, 0.25) is 0 Å². The molecule has 2 aromatic rings. The normalized spacial score (nSPS) is 11.7. The van der Waals surface area contributed by atoms with Crippen LogP contribution in [0.4, 0.5) is 14.5 Å². The molecule has 0 saturated heterocycles. The van der Waals surface area contributed by atoms with Gasteiger partial charge < -0.3 is 0 Å². The van der Waals surface area contributed by atoms with Crippen molar-refractivity contribution < 1.29 is 13.7 Å². The van der Waals surface area contributed by atoms with Crippen LogP contribution in [0.5, 0.6) is 0 Å². The smallest absolute Gasteiger partial charge is 0.289 e. The number of benzene rings is 1. The molecular weight excluding hydrogens is 260 g/mol. The second kappa shape index (κ2) is 4.45. The van der Waals surface area contributed by atoms with Crippen molar-refractivity contribution in [2.75, 3.05) is 0 Å². The Morgan fingerprint density at radius 2 is 1.84 bits per heavy atom. The number of nitrogens with zero attached hydrogens (tertiary/aromatic N) is 3. The number of hydrogen-bond acceptors (Lipinski definition) is 3. The van der Waals surface area contributed by atoms with Gasteiger partial charge in [0.25, 0.3) is 5.69 Å². The van der Waals surface area contributed by atoms with Gasteiger partial charge in [0.05, 0.1) is 16.0 Å². The summed E-state index contributed by atoms with van der Waals surface area (Å²) < 4.78 is 27.3. The summed E-state index contributed by atoms with van der Waals surface area (Å²) in [6, 6.07) is 3.17. The van der Waals surface area contributed by atoms with Gasteiger partial charge in [0, 0.05) is 18.2 Å². The van der Waals surface area contributed by atoms with E-state index in [1.54, 1.807) is 13.8 Å². The Morgan fingerprint density at radius 1 is 1.21 bits per heavy atom. The summed E-state index contributed by atoms with van der Waals surface area (Å²) in [6.45, 7) is 0.313. The first-order valence-corrected chi connectivity index (χ1v) is 5.53. The van der Waals surface area contributed by atoms with Crippen LogP contribution < -0.4 is 5.69 Å². The largest absolute Gasteiger partial charge is 0.333 e. The van der Waals surface area contributed by atoms with Crippen LogP contribution in [-0.2, 0) is 0 Å². The number of alkyl halides is 2. The lowest BCUT2D eigenvalue weighted by molar-refractivity contribution is -0.384. The van der Waals surface area contributed by atoms with Gasteiger partial charge in [-0.25, -0.2) is 9.36 Å². The molecule has 1 heterocycles. The molecular formula is C11H11F2N3O3. The van der Waals surface area contributed by atoms with Gasteiger partial charge in [-0.2, -0.15) is 8.78 Å². The molecule has 0 N–H and O–H groups in total. The Labute approximate surface area is 106 Å². The monoisotopic (exact) mass is 271 g/mol. The van der Waals surface area contributed by atoms with Gasteiger partial charge in [0.15, 0.2) is 0 Å². The molecule has 102 valence electrons. The van der Waals surface area contributed by atoms with Gasteiger partial charge in [-0.3, -0.25) is 14.7 Å². The molecule has 1 aromatic carbocycles. The quantitative estimate of drug-likeness (QED) is 0.636. The third-order valence-corrected chi connectivity index (χ3v) is 2.81. The second-order valence-electron chi connectivity index (χ2n) is 4.32. The molecule has 0 saturated carbocycles. The van der Waals surface area contributed by atoms with Gasteiger partial charge in [0.1, 0.15) is 0 Å². The molecule has 0 aliphatic carbocycles. The highest BCUT2D eigenvalue weighted by Gasteiger charge is 2.22. The Morgan fingerprint density at radius 3 is 2.32 bits per heavy atom. The average Bonchev–Trinajstić information content (AvgIpc) is 2.59. The first-order chi connectivity index (χ1) is 8.84. The third kappa shape index (κ3) is 1.98. The molecule has 0 aliphatic heterocycles. The van der Waals surface area contributed by atoms with Crippen molar-refractivity contribution in [1.29, 1.82) is 0 Å². The number of halogens is 2. The molecule has 0 fully saturated rings. The van der Waals surface area contributed by atoms with Crippen LogP contribution >= 0.6 is 0 Å². The fraction of sp³-hybridized carbons (Fsp3) is 0.364. The molecule has 19 heavy (non-hydrogen) atoms. The van der Waals surface area contributed by atoms with E-state index in [4.69, 9.17) is 0 Å². The summed E-state index contributed by atoms with van der Waals surface area (Å²) in [5.74, 6) is 0. The maximum absolute atomic E-state index is 12.9. The van der Waals surface area contributed by atoms with E-state index in [0.29, 0.717) is 0 Å². The predicted octanol–water partition coefficient (Wildman–Crippen LogP) is 2.69. The summed E-state index contributed by atoms with van der Waals surface area (Å²) in [7, 11) is 0. The highest BCUT2D eigenvalue weighted by atomic mass is 19.3. The van der Waals surface area contributed by atoms with Crippen LogP contribution in [0.15, 0.2) is 23.0 Å². The van der Waals surface area contributed by atoms with E-state index >= 15 is 0 Å². The lowest BCUT2D eigenvalue weighted by Gasteiger charge is -2.05. The maximum Gasteiger partial charge on any atom is 0.333 e. The van der Waals surface area contributed by atoms with Crippen LogP contribution in [0.25, 0.3) is 11.0 Å². The minimum Gasteiger partial charge on any atom is -0.289 e. The predicted molar refractivity (Wildman–Crippen MR) is 64.5 cm³/mol. The molecule has 1 aromatic heterocycles. The van der Waals surface area contributed by atoms with Crippen molar-refractivity contribution in [1.82, 2.24) is 9.13 Å². The molecule has 0 bridgehead atoms. The van der Waals surface area contributed by atoms with Crippen LogP contribution in [0.1, 0.15) is 26.4 Å². The summed E-state index contributed by atoms with van der Waals surface area (Å²) >= 11 is 0. The van der Waals surface area contributed by atoms with Crippen LogP contribution in [0.3, 0.4) is 0 Å². The number of nitro benzene ring substituents is 1. The fourth-order valence-electron chi connectivity index (χ4n) is 2.03. The molecule has 0 aliphatic rings.